The third-order valence-electron chi connectivity index (χ3n) is 12.4. The number of amides is 2. The van der Waals surface area contributed by atoms with Crippen molar-refractivity contribution in [3.8, 4) is 0 Å². The van der Waals surface area contributed by atoms with E-state index in [2.05, 4.69) is 0 Å². The van der Waals surface area contributed by atoms with Gasteiger partial charge in [0.05, 0.1) is 25.0 Å². The zero-order valence-corrected chi connectivity index (χ0v) is 52.8. The molecule has 0 aliphatic carbocycles. The Morgan fingerprint density at radius 3 is 1.69 bits per heavy atom. The van der Waals surface area contributed by atoms with Crippen molar-refractivity contribution < 1.29 is 230 Å². The smallest absolute Gasteiger partial charge is 0.744 e. The standard InChI is InChI=1S/C45H47N3O16S4.3K/c1-6-46-33-18-16-29-31(23-27(65(52,53)54)25-35(29)67(58,59)60)42(33)44(2,3)37(46)13-9-7-10-14-38-45(4,5)43-32-24-28(66(55,56)57)26-36(68(61,62)63)30(32)17-19-34(43)47(38)22-12-8-11-15-41(51)64-48-39(49)20-21-40(48)50;;;/h7,9-10,13-14,16-19,23-26H,6,8,11-12,15,20-22H2,1-5H3,(H3-,52,53,54,55,56,57,58,59,60,61,62,63);;;/q;3*+1/p-3. The molecule has 0 bridgehead atoms. The SMILES string of the molecule is CCN1C(=CC=CC=CC2=[N+](CCCCCC(=O)ON3C(=O)CCC3=O)c3ccc4c(S(=O)(=O)[O-])cc(S(=O)(=O)[O-])cc4c3C2(C)C)C(C)(C)c2c1ccc1c(S(=O)(=O)[O-])cc(S(=O)(=O)[O-])cc21.[K+].[K+].[K+]. The van der Waals surface area contributed by atoms with E-state index in [-0.39, 0.29) is 195 Å². The molecule has 1 saturated heterocycles. The van der Waals surface area contributed by atoms with Crippen molar-refractivity contribution in [1.82, 2.24) is 5.06 Å². The van der Waals surface area contributed by atoms with Crippen molar-refractivity contribution in [2.24, 2.45) is 0 Å². The fourth-order valence-corrected chi connectivity index (χ4v) is 12.1. The fraction of sp³-hybridized carbons (Fsp3) is 0.333. The van der Waals surface area contributed by atoms with Gasteiger partial charge in [0.25, 0.3) is 11.8 Å². The Morgan fingerprint density at radius 2 is 1.18 bits per heavy atom. The normalized spacial score (nSPS) is 17.3. The molecule has 362 valence electrons. The summed E-state index contributed by atoms with van der Waals surface area (Å²) < 4.78 is 150. The van der Waals surface area contributed by atoms with Crippen molar-refractivity contribution in [2.45, 2.75) is 104 Å². The number of hydroxylamine groups is 2. The number of hydrogen-bond donors (Lipinski definition) is 0. The van der Waals surface area contributed by atoms with Gasteiger partial charge in [-0.15, -0.1) is 5.06 Å². The van der Waals surface area contributed by atoms with Crippen LogP contribution in [-0.4, -0.2) is 98.1 Å². The van der Waals surface area contributed by atoms with Crippen LogP contribution in [0.25, 0.3) is 21.5 Å². The number of rotatable bonds is 15. The molecule has 2 amide bonds. The van der Waals surface area contributed by atoms with Gasteiger partial charge in [0.2, 0.25) is 5.69 Å². The average molecular weight is 1130 g/mol. The molecule has 4 aromatic rings. The Bertz CT molecular complexity index is 3460. The minimum absolute atomic E-state index is 0. The van der Waals surface area contributed by atoms with Crippen LogP contribution < -0.4 is 159 Å². The predicted octanol–water partition coefficient (Wildman–Crippen LogP) is -4.02. The Morgan fingerprint density at radius 1 is 0.662 bits per heavy atom. The van der Waals surface area contributed by atoms with Crippen molar-refractivity contribution in [2.75, 3.05) is 18.0 Å². The van der Waals surface area contributed by atoms with Crippen LogP contribution in [0.3, 0.4) is 0 Å². The van der Waals surface area contributed by atoms with Gasteiger partial charge in [0.15, 0.2) is 5.71 Å². The van der Waals surface area contributed by atoms with E-state index in [4.69, 9.17) is 4.84 Å². The van der Waals surface area contributed by atoms with E-state index in [9.17, 15) is 66.3 Å². The van der Waals surface area contributed by atoms with E-state index in [0.717, 1.165) is 12.1 Å². The molecule has 4 aromatic carbocycles. The average Bonchev–Trinajstić information content (AvgIpc) is 3.75. The fourth-order valence-electron chi connectivity index (χ4n) is 9.44. The number of anilines is 1. The van der Waals surface area contributed by atoms with Crippen LogP contribution in [0.2, 0.25) is 0 Å². The third-order valence-corrected chi connectivity index (χ3v) is 15.8. The summed E-state index contributed by atoms with van der Waals surface area (Å²) >= 11 is 0. The number of carbonyl (C=O) groups is 3. The van der Waals surface area contributed by atoms with Gasteiger partial charge < -0.3 is 27.9 Å². The van der Waals surface area contributed by atoms with Crippen LogP contribution in [0, 0.1) is 0 Å². The van der Waals surface area contributed by atoms with Crippen LogP contribution in [0.4, 0.5) is 11.4 Å². The summed E-state index contributed by atoms with van der Waals surface area (Å²) in [6, 6.07) is 9.23. The van der Waals surface area contributed by atoms with Crippen LogP contribution in [0.1, 0.15) is 84.3 Å². The first-order valence-corrected chi connectivity index (χ1v) is 26.7. The van der Waals surface area contributed by atoms with Gasteiger partial charge in [0.1, 0.15) is 47.0 Å². The summed E-state index contributed by atoms with van der Waals surface area (Å²) in [6.07, 6.45) is 9.74. The maximum absolute atomic E-state index is 12.5. The van der Waals surface area contributed by atoms with E-state index in [0.29, 0.717) is 83.5 Å². The first kappa shape index (κ1) is 62.8. The van der Waals surface area contributed by atoms with Crippen molar-refractivity contribution in [3.63, 3.8) is 0 Å². The van der Waals surface area contributed by atoms with Gasteiger partial charge in [0, 0.05) is 72.1 Å². The van der Waals surface area contributed by atoms with E-state index in [1.807, 2.05) is 30.2 Å². The second kappa shape index (κ2) is 23.5. The third kappa shape index (κ3) is 12.8. The van der Waals surface area contributed by atoms with Crippen LogP contribution in [-0.2, 0) is 70.5 Å². The van der Waals surface area contributed by atoms with Crippen LogP contribution in [0.15, 0.2) is 104 Å². The Labute approximate surface area is 539 Å². The molecule has 3 aliphatic rings. The molecule has 0 saturated carbocycles. The summed E-state index contributed by atoms with van der Waals surface area (Å²) in [4.78, 5) is 39.6. The monoisotopic (exact) mass is 1130 g/mol. The molecule has 0 aromatic heterocycles. The Balaban J connectivity index is 0.00000365. The first-order valence-electron chi connectivity index (χ1n) is 21.1. The largest absolute Gasteiger partial charge is 1.00 e. The molecule has 0 unspecified atom stereocenters. The summed E-state index contributed by atoms with van der Waals surface area (Å²) in [6.45, 7) is 9.81. The molecular weight excluding hydrogens is 1080 g/mol. The van der Waals surface area contributed by atoms with Crippen LogP contribution in [0.5, 0.6) is 0 Å². The van der Waals surface area contributed by atoms with Gasteiger partial charge in [-0.3, -0.25) is 9.59 Å². The molecule has 0 radical (unpaired) electrons. The van der Waals surface area contributed by atoms with Gasteiger partial charge in [-0.25, -0.2) is 38.5 Å². The maximum atomic E-state index is 12.5. The minimum Gasteiger partial charge on any atom is -0.744 e. The number of nitrogens with zero attached hydrogens (tertiary/aromatic N) is 3. The second-order valence-electron chi connectivity index (χ2n) is 17.5. The Hall–Kier alpha value is -0.751. The van der Waals surface area contributed by atoms with Crippen molar-refractivity contribution in [3.05, 3.63) is 95.7 Å². The molecule has 0 atom stereocenters. The number of unbranched alkanes of at least 4 members (excludes halogenated alkanes) is 2. The van der Waals surface area contributed by atoms with Crippen molar-refractivity contribution >= 4 is 96.9 Å². The molecule has 19 nitrogen and oxygen atoms in total. The summed E-state index contributed by atoms with van der Waals surface area (Å²) in [5.74, 6) is -1.97. The van der Waals surface area contributed by atoms with Gasteiger partial charge in [-0.05, 0) is 97.8 Å². The molecule has 3 aliphatic heterocycles. The quantitative estimate of drug-likeness (QED) is 0.0274. The number of hydrogen-bond acceptors (Lipinski definition) is 17. The number of allylic oxidation sites excluding steroid dienone is 6. The zero-order chi connectivity index (χ0) is 50.1. The van der Waals surface area contributed by atoms with Crippen LogP contribution >= 0.6 is 0 Å². The number of carbonyl (C=O) groups excluding carboxylic acids is 3. The summed E-state index contributed by atoms with van der Waals surface area (Å²) in [5.41, 5.74) is 1.37. The molecule has 1 fully saturated rings. The topological polar surface area (TPSA) is 299 Å². The second-order valence-corrected chi connectivity index (χ2v) is 22.9. The zero-order valence-electron chi connectivity index (χ0n) is 40.2. The van der Waals surface area contributed by atoms with Gasteiger partial charge in [-0.1, -0.05) is 38.1 Å². The van der Waals surface area contributed by atoms with E-state index in [1.165, 1.54) is 12.1 Å². The minimum atomic E-state index is -5.28. The maximum Gasteiger partial charge on any atom is 1.00 e. The molecule has 0 N–H and O–H groups in total. The summed E-state index contributed by atoms with van der Waals surface area (Å²) in [7, 11) is -20.9. The predicted molar refractivity (Wildman–Crippen MR) is 241 cm³/mol. The number of likely N-dealkylation sites (N-methyl/N-ethyl adjacent to an activating group) is 1. The molecule has 71 heavy (non-hydrogen) atoms. The number of benzene rings is 4. The van der Waals surface area contributed by atoms with Crippen molar-refractivity contribution in [1.29, 1.82) is 0 Å². The van der Waals surface area contributed by atoms with Gasteiger partial charge in [-0.2, -0.15) is 4.58 Å². The number of imide groups is 1. The number of fused-ring (bicyclic) bond motifs is 6. The molecule has 26 heteroatoms. The van der Waals surface area contributed by atoms with E-state index in [1.54, 1.807) is 56.4 Å². The molecule has 7 rings (SSSR count). The first-order chi connectivity index (χ1) is 31.5. The molecule has 0 spiro atoms. The summed E-state index contributed by atoms with van der Waals surface area (Å²) in [5, 5.41) is 0.496. The Kier molecular flexibility index (Phi) is 20.7. The molecular formula is C45H44K3N3O16S4. The van der Waals surface area contributed by atoms with E-state index < -0.39 is 88.7 Å². The van der Waals surface area contributed by atoms with Gasteiger partial charge >= 0.3 is 160 Å². The molecule has 3 heterocycles. The van der Waals surface area contributed by atoms with E-state index >= 15 is 0 Å².